The predicted molar refractivity (Wildman–Crippen MR) is 67.3 cm³/mol. The van der Waals surface area contributed by atoms with Crippen molar-refractivity contribution in [3.8, 4) is 0 Å². The summed E-state index contributed by atoms with van der Waals surface area (Å²) in [5.74, 6) is 0. The third-order valence-electron chi connectivity index (χ3n) is 2.04. The highest BCUT2D eigenvalue weighted by Crippen LogP contribution is 2.21. The molecule has 0 amide bonds. The molecule has 1 N–H and O–H groups in total. The zero-order valence-corrected chi connectivity index (χ0v) is 10.9. The lowest BCUT2D eigenvalue weighted by Gasteiger charge is -2.02. The fourth-order valence-corrected chi connectivity index (χ4v) is 3.27. The molecule has 0 aliphatic rings. The standard InChI is InChI=1S/C10H9ClN2OS2/c1-6-2-3-8(7(4-6)5-14)12-10-9(11)13-16-15-10/h2-4,14H,5H2,1H3. The summed E-state index contributed by atoms with van der Waals surface area (Å²) >= 11 is 5.87. The summed E-state index contributed by atoms with van der Waals surface area (Å²) < 4.78 is 4.64. The molecule has 0 saturated carbocycles. The highest BCUT2D eigenvalue weighted by atomic mass is 35.5. The molecule has 1 aromatic carbocycles. The molecule has 3 nitrogen and oxygen atoms in total. The van der Waals surface area contributed by atoms with Gasteiger partial charge in [0, 0.05) is 16.1 Å². The van der Waals surface area contributed by atoms with Gasteiger partial charge in [-0.25, -0.2) is 4.99 Å². The van der Waals surface area contributed by atoms with Crippen LogP contribution in [0, 0.1) is 6.92 Å². The van der Waals surface area contributed by atoms with Gasteiger partial charge < -0.3 is 5.11 Å². The first-order valence-electron chi connectivity index (χ1n) is 4.57. The largest absolute Gasteiger partial charge is 0.392 e. The van der Waals surface area contributed by atoms with E-state index in [9.17, 15) is 5.11 Å². The molecule has 1 heterocycles. The quantitative estimate of drug-likeness (QED) is 0.855. The lowest BCUT2D eigenvalue weighted by molar-refractivity contribution is 0.282. The zero-order valence-electron chi connectivity index (χ0n) is 8.48. The Bertz CT molecular complexity index is 562. The van der Waals surface area contributed by atoms with E-state index in [1.54, 1.807) is 0 Å². The van der Waals surface area contributed by atoms with E-state index in [1.165, 1.54) is 20.9 Å². The fraction of sp³-hybridized carbons (Fsp3) is 0.200. The minimum Gasteiger partial charge on any atom is -0.392 e. The second-order valence-corrected chi connectivity index (χ2v) is 5.44. The maximum absolute atomic E-state index is 9.24. The Balaban J connectivity index is 2.54. The van der Waals surface area contributed by atoms with E-state index in [0.29, 0.717) is 9.82 Å². The normalized spacial score (nSPS) is 12.1. The SMILES string of the molecule is Cc1ccc(N=c2ssnc2Cl)c(CO)c1. The molecule has 0 unspecified atom stereocenters. The molecule has 0 spiro atoms. The van der Waals surface area contributed by atoms with E-state index in [0.717, 1.165) is 16.8 Å². The van der Waals surface area contributed by atoms with Gasteiger partial charge in [0.15, 0.2) is 9.82 Å². The Labute approximate surface area is 105 Å². The van der Waals surface area contributed by atoms with Crippen molar-refractivity contribution < 1.29 is 5.11 Å². The van der Waals surface area contributed by atoms with Crippen molar-refractivity contribution in [2.45, 2.75) is 13.5 Å². The van der Waals surface area contributed by atoms with Crippen LogP contribution in [0.4, 0.5) is 5.69 Å². The van der Waals surface area contributed by atoms with E-state index >= 15 is 0 Å². The lowest BCUT2D eigenvalue weighted by atomic mass is 10.1. The van der Waals surface area contributed by atoms with Crippen LogP contribution in [-0.4, -0.2) is 9.48 Å². The average Bonchev–Trinajstić information content (AvgIpc) is 2.67. The maximum atomic E-state index is 9.24. The molecule has 0 bridgehead atoms. The monoisotopic (exact) mass is 272 g/mol. The van der Waals surface area contributed by atoms with Gasteiger partial charge in [-0.15, -0.1) is 0 Å². The molecule has 0 fully saturated rings. The molecule has 2 aromatic rings. The Morgan fingerprint density at radius 3 is 2.94 bits per heavy atom. The summed E-state index contributed by atoms with van der Waals surface area (Å²) in [5, 5.41) is 9.65. The van der Waals surface area contributed by atoms with Gasteiger partial charge >= 0.3 is 0 Å². The molecule has 0 aliphatic heterocycles. The van der Waals surface area contributed by atoms with Crippen molar-refractivity contribution in [3.63, 3.8) is 0 Å². The first kappa shape index (κ1) is 11.7. The molecule has 0 atom stereocenters. The summed E-state index contributed by atoms with van der Waals surface area (Å²) in [7, 11) is 2.72. The van der Waals surface area contributed by atoms with Crippen LogP contribution in [0.3, 0.4) is 0 Å². The van der Waals surface area contributed by atoms with E-state index in [2.05, 4.69) is 9.37 Å². The van der Waals surface area contributed by atoms with Crippen molar-refractivity contribution in [3.05, 3.63) is 39.2 Å². The number of aryl methyl sites for hydroxylation is 1. The van der Waals surface area contributed by atoms with Crippen molar-refractivity contribution >= 4 is 38.2 Å². The van der Waals surface area contributed by atoms with Gasteiger partial charge in [0.2, 0.25) is 0 Å². The minimum absolute atomic E-state index is 0.0274. The summed E-state index contributed by atoms with van der Waals surface area (Å²) in [6, 6.07) is 5.75. The van der Waals surface area contributed by atoms with Crippen LogP contribution in [0.25, 0.3) is 0 Å². The van der Waals surface area contributed by atoms with Crippen molar-refractivity contribution in [1.82, 2.24) is 4.37 Å². The molecule has 0 radical (unpaired) electrons. The number of benzene rings is 1. The van der Waals surface area contributed by atoms with Crippen LogP contribution in [0.15, 0.2) is 23.2 Å². The van der Waals surface area contributed by atoms with E-state index < -0.39 is 0 Å². The third kappa shape index (κ3) is 2.49. The van der Waals surface area contributed by atoms with Crippen LogP contribution < -0.4 is 4.67 Å². The molecule has 0 aliphatic carbocycles. The number of nitrogens with zero attached hydrogens (tertiary/aromatic N) is 2. The Hall–Kier alpha value is -0.750. The number of halogens is 1. The number of aliphatic hydroxyl groups is 1. The molecule has 1 aromatic heterocycles. The molecular formula is C10H9ClN2OS2. The van der Waals surface area contributed by atoms with Gasteiger partial charge in [0.1, 0.15) is 0 Å². The number of rotatable bonds is 2. The van der Waals surface area contributed by atoms with Crippen LogP contribution in [0.1, 0.15) is 11.1 Å². The topological polar surface area (TPSA) is 45.5 Å². The first-order chi connectivity index (χ1) is 7.70. The summed E-state index contributed by atoms with van der Waals surface area (Å²) in [6.45, 7) is 1.95. The van der Waals surface area contributed by atoms with E-state index in [-0.39, 0.29) is 6.61 Å². The highest BCUT2D eigenvalue weighted by Gasteiger charge is 2.02. The molecule has 84 valence electrons. The van der Waals surface area contributed by atoms with E-state index in [1.807, 2.05) is 25.1 Å². The second kappa shape index (κ2) is 5.05. The fourth-order valence-electron chi connectivity index (χ4n) is 1.28. The molecule has 6 heteroatoms. The number of aromatic nitrogens is 1. The molecular weight excluding hydrogens is 264 g/mol. The number of hydrogen-bond acceptors (Lipinski definition) is 5. The Kier molecular flexibility index (Phi) is 3.70. The lowest BCUT2D eigenvalue weighted by Crippen LogP contribution is -1.95. The van der Waals surface area contributed by atoms with Gasteiger partial charge in [-0.1, -0.05) is 29.3 Å². The number of hydrogen-bond donors (Lipinski definition) is 1. The van der Waals surface area contributed by atoms with Crippen LogP contribution in [0.5, 0.6) is 0 Å². The van der Waals surface area contributed by atoms with Crippen LogP contribution >= 0.6 is 32.5 Å². The second-order valence-electron chi connectivity index (χ2n) is 3.25. The highest BCUT2D eigenvalue weighted by molar-refractivity contribution is 7.66. The maximum Gasteiger partial charge on any atom is 0.179 e. The molecule has 16 heavy (non-hydrogen) atoms. The van der Waals surface area contributed by atoms with Gasteiger partial charge in [0.25, 0.3) is 0 Å². The van der Waals surface area contributed by atoms with Gasteiger partial charge in [-0.05, 0) is 23.3 Å². The third-order valence-corrected chi connectivity index (χ3v) is 4.21. The van der Waals surface area contributed by atoms with Crippen molar-refractivity contribution in [2.75, 3.05) is 0 Å². The summed E-state index contributed by atoms with van der Waals surface area (Å²) in [5.41, 5.74) is 2.64. The Morgan fingerprint density at radius 2 is 2.31 bits per heavy atom. The van der Waals surface area contributed by atoms with E-state index in [4.69, 9.17) is 11.6 Å². The Morgan fingerprint density at radius 1 is 1.50 bits per heavy atom. The summed E-state index contributed by atoms with van der Waals surface area (Å²) in [4.78, 5) is 4.39. The van der Waals surface area contributed by atoms with Crippen molar-refractivity contribution in [1.29, 1.82) is 0 Å². The zero-order chi connectivity index (χ0) is 11.5. The van der Waals surface area contributed by atoms with Crippen LogP contribution in [0.2, 0.25) is 5.15 Å². The minimum atomic E-state index is -0.0274. The van der Waals surface area contributed by atoms with Gasteiger partial charge in [0.05, 0.1) is 12.3 Å². The molecule has 2 rings (SSSR count). The first-order valence-corrected chi connectivity index (χ1v) is 7.06. The van der Waals surface area contributed by atoms with Crippen LogP contribution in [-0.2, 0) is 6.61 Å². The molecule has 0 saturated heterocycles. The van der Waals surface area contributed by atoms with Gasteiger partial charge in [-0.3, -0.25) is 0 Å². The summed E-state index contributed by atoms with van der Waals surface area (Å²) in [6.07, 6.45) is 0. The smallest absolute Gasteiger partial charge is 0.179 e. The average molecular weight is 273 g/mol. The number of aliphatic hydroxyl groups excluding tert-OH is 1. The van der Waals surface area contributed by atoms with Crippen molar-refractivity contribution in [2.24, 2.45) is 4.99 Å². The van der Waals surface area contributed by atoms with Gasteiger partial charge in [-0.2, -0.15) is 4.37 Å². The predicted octanol–water partition coefficient (Wildman–Crippen LogP) is 2.89.